The lowest BCUT2D eigenvalue weighted by Crippen LogP contribution is -2.48. The maximum atomic E-state index is 12.9. The standard InChI is InChI=1S/C24H29N3O2/c1-17-12-18(2)14-21(13-17)24(29)27-10-8-26(9-11-27)16-19-4-6-22-20(15-19)5-7-23(28)25(22)3/h4,6,12-15H,5,7-11,16H2,1-3H3. The summed E-state index contributed by atoms with van der Waals surface area (Å²) < 4.78 is 0. The molecule has 0 spiro atoms. The van der Waals surface area contributed by atoms with Gasteiger partial charge >= 0.3 is 0 Å². The van der Waals surface area contributed by atoms with Crippen LogP contribution in [0.2, 0.25) is 0 Å². The van der Waals surface area contributed by atoms with Crippen molar-refractivity contribution in [1.29, 1.82) is 0 Å². The number of rotatable bonds is 3. The summed E-state index contributed by atoms with van der Waals surface area (Å²) in [6.07, 6.45) is 1.41. The van der Waals surface area contributed by atoms with Gasteiger partial charge in [0.05, 0.1) is 0 Å². The molecule has 152 valence electrons. The van der Waals surface area contributed by atoms with Crippen molar-refractivity contribution in [3.63, 3.8) is 0 Å². The fourth-order valence-electron chi connectivity index (χ4n) is 4.46. The van der Waals surface area contributed by atoms with E-state index in [0.717, 1.165) is 61.5 Å². The number of hydrogen-bond donors (Lipinski definition) is 0. The molecule has 5 nitrogen and oxygen atoms in total. The lowest BCUT2D eigenvalue weighted by Gasteiger charge is -2.35. The van der Waals surface area contributed by atoms with E-state index in [9.17, 15) is 9.59 Å². The summed E-state index contributed by atoms with van der Waals surface area (Å²) in [6, 6.07) is 12.5. The summed E-state index contributed by atoms with van der Waals surface area (Å²) in [4.78, 5) is 30.9. The lowest BCUT2D eigenvalue weighted by molar-refractivity contribution is -0.118. The molecule has 0 aromatic heterocycles. The molecule has 0 unspecified atom stereocenters. The number of hydrogen-bond acceptors (Lipinski definition) is 3. The molecule has 29 heavy (non-hydrogen) atoms. The molecule has 2 aromatic carbocycles. The number of piperazine rings is 1. The fraction of sp³-hybridized carbons (Fsp3) is 0.417. The minimum atomic E-state index is 0.137. The van der Waals surface area contributed by atoms with E-state index in [-0.39, 0.29) is 11.8 Å². The monoisotopic (exact) mass is 391 g/mol. The number of amides is 2. The number of aryl methyl sites for hydroxylation is 3. The third-order valence-electron chi connectivity index (χ3n) is 6.02. The third kappa shape index (κ3) is 4.20. The van der Waals surface area contributed by atoms with Crippen LogP contribution in [-0.2, 0) is 17.8 Å². The van der Waals surface area contributed by atoms with Crippen LogP contribution >= 0.6 is 0 Å². The first-order valence-corrected chi connectivity index (χ1v) is 10.4. The minimum Gasteiger partial charge on any atom is -0.336 e. The van der Waals surface area contributed by atoms with Crippen LogP contribution in [0.1, 0.15) is 39.0 Å². The molecule has 2 amide bonds. The number of carbonyl (C=O) groups is 2. The number of anilines is 1. The molecular formula is C24H29N3O2. The Morgan fingerprint density at radius 2 is 1.62 bits per heavy atom. The summed E-state index contributed by atoms with van der Waals surface area (Å²) in [5.41, 5.74) is 6.63. The van der Waals surface area contributed by atoms with E-state index < -0.39 is 0 Å². The normalized spacial score (nSPS) is 17.4. The first-order valence-electron chi connectivity index (χ1n) is 10.4. The quantitative estimate of drug-likeness (QED) is 0.807. The molecular weight excluding hydrogens is 362 g/mol. The zero-order valence-corrected chi connectivity index (χ0v) is 17.6. The molecule has 4 rings (SSSR count). The third-order valence-corrected chi connectivity index (χ3v) is 6.02. The van der Waals surface area contributed by atoms with Gasteiger partial charge in [0.15, 0.2) is 0 Å². The maximum Gasteiger partial charge on any atom is 0.253 e. The van der Waals surface area contributed by atoms with Crippen molar-refractivity contribution in [3.05, 3.63) is 64.2 Å². The van der Waals surface area contributed by atoms with E-state index in [1.54, 1.807) is 4.90 Å². The van der Waals surface area contributed by atoms with Crippen LogP contribution in [0.3, 0.4) is 0 Å². The van der Waals surface area contributed by atoms with Crippen LogP contribution < -0.4 is 4.90 Å². The van der Waals surface area contributed by atoms with Gasteiger partial charge in [0.2, 0.25) is 5.91 Å². The highest BCUT2D eigenvalue weighted by molar-refractivity contribution is 5.96. The van der Waals surface area contributed by atoms with Crippen molar-refractivity contribution >= 4 is 17.5 Å². The van der Waals surface area contributed by atoms with Gasteiger partial charge in [0.25, 0.3) is 5.91 Å². The molecule has 2 heterocycles. The minimum absolute atomic E-state index is 0.137. The predicted octanol–water partition coefficient (Wildman–Crippen LogP) is 3.17. The Kier molecular flexibility index (Phi) is 5.41. The lowest BCUT2D eigenvalue weighted by atomic mass is 9.99. The van der Waals surface area contributed by atoms with Gasteiger partial charge in [0, 0.05) is 57.4 Å². The van der Waals surface area contributed by atoms with Crippen LogP contribution in [0.4, 0.5) is 5.69 Å². The number of nitrogens with zero attached hydrogens (tertiary/aromatic N) is 3. The molecule has 0 bridgehead atoms. The van der Waals surface area contributed by atoms with Gasteiger partial charge in [-0.3, -0.25) is 14.5 Å². The largest absolute Gasteiger partial charge is 0.336 e. The van der Waals surface area contributed by atoms with Crippen LogP contribution in [0.25, 0.3) is 0 Å². The number of carbonyl (C=O) groups excluding carboxylic acids is 2. The highest BCUT2D eigenvalue weighted by Crippen LogP contribution is 2.28. The van der Waals surface area contributed by atoms with Gasteiger partial charge in [-0.25, -0.2) is 0 Å². The molecule has 0 atom stereocenters. The Balaban J connectivity index is 1.37. The number of fused-ring (bicyclic) bond motifs is 1. The van der Waals surface area contributed by atoms with Crippen LogP contribution in [0.15, 0.2) is 36.4 Å². The van der Waals surface area contributed by atoms with Gasteiger partial charge < -0.3 is 9.80 Å². The molecule has 1 saturated heterocycles. The molecule has 2 aromatic rings. The second kappa shape index (κ2) is 7.99. The van der Waals surface area contributed by atoms with Crippen molar-refractivity contribution in [2.24, 2.45) is 0 Å². The van der Waals surface area contributed by atoms with E-state index in [2.05, 4.69) is 29.2 Å². The van der Waals surface area contributed by atoms with Crippen molar-refractivity contribution in [2.45, 2.75) is 33.2 Å². The van der Waals surface area contributed by atoms with Crippen LogP contribution in [0.5, 0.6) is 0 Å². The predicted molar refractivity (Wildman–Crippen MR) is 115 cm³/mol. The molecule has 0 N–H and O–H groups in total. The topological polar surface area (TPSA) is 43.9 Å². The van der Waals surface area contributed by atoms with E-state index in [0.29, 0.717) is 6.42 Å². The zero-order chi connectivity index (χ0) is 20.5. The average molecular weight is 392 g/mol. The highest BCUT2D eigenvalue weighted by atomic mass is 16.2. The van der Waals surface area contributed by atoms with E-state index in [4.69, 9.17) is 0 Å². The summed E-state index contributed by atoms with van der Waals surface area (Å²) in [7, 11) is 1.85. The van der Waals surface area contributed by atoms with Gasteiger partial charge in [-0.15, -0.1) is 0 Å². The van der Waals surface area contributed by atoms with Crippen LogP contribution in [-0.4, -0.2) is 54.8 Å². The average Bonchev–Trinajstić information content (AvgIpc) is 2.70. The second-order valence-corrected chi connectivity index (χ2v) is 8.36. The smallest absolute Gasteiger partial charge is 0.253 e. The Labute approximate surface area is 172 Å². The van der Waals surface area contributed by atoms with Gasteiger partial charge in [-0.2, -0.15) is 0 Å². The maximum absolute atomic E-state index is 12.9. The molecule has 0 radical (unpaired) electrons. The van der Waals surface area contributed by atoms with E-state index in [1.807, 2.05) is 37.9 Å². The van der Waals surface area contributed by atoms with Gasteiger partial charge in [-0.1, -0.05) is 29.3 Å². The fourth-order valence-corrected chi connectivity index (χ4v) is 4.46. The van der Waals surface area contributed by atoms with Crippen molar-refractivity contribution in [1.82, 2.24) is 9.80 Å². The summed E-state index contributed by atoms with van der Waals surface area (Å²) >= 11 is 0. The second-order valence-electron chi connectivity index (χ2n) is 8.36. The Morgan fingerprint density at radius 1 is 0.931 bits per heavy atom. The Morgan fingerprint density at radius 3 is 2.31 bits per heavy atom. The first-order chi connectivity index (χ1) is 13.9. The highest BCUT2D eigenvalue weighted by Gasteiger charge is 2.24. The van der Waals surface area contributed by atoms with Crippen molar-refractivity contribution < 1.29 is 9.59 Å². The summed E-state index contributed by atoms with van der Waals surface area (Å²) in [5, 5.41) is 0. The summed E-state index contributed by atoms with van der Waals surface area (Å²) in [5.74, 6) is 0.327. The number of benzene rings is 2. The van der Waals surface area contributed by atoms with E-state index >= 15 is 0 Å². The van der Waals surface area contributed by atoms with Gasteiger partial charge in [0.1, 0.15) is 0 Å². The first kappa shape index (κ1) is 19.6. The molecule has 0 saturated carbocycles. The molecule has 2 aliphatic heterocycles. The SMILES string of the molecule is Cc1cc(C)cc(C(=O)N2CCN(Cc3ccc4c(c3)CCC(=O)N4C)CC2)c1. The Hall–Kier alpha value is -2.66. The van der Waals surface area contributed by atoms with Crippen molar-refractivity contribution in [3.8, 4) is 0 Å². The summed E-state index contributed by atoms with van der Waals surface area (Å²) in [6.45, 7) is 8.23. The van der Waals surface area contributed by atoms with Crippen molar-refractivity contribution in [2.75, 3.05) is 38.1 Å². The molecule has 5 heteroatoms. The Bertz CT molecular complexity index is 925. The zero-order valence-electron chi connectivity index (χ0n) is 17.6. The molecule has 1 fully saturated rings. The molecule has 2 aliphatic rings. The van der Waals surface area contributed by atoms with Crippen LogP contribution in [0, 0.1) is 13.8 Å². The van der Waals surface area contributed by atoms with E-state index in [1.165, 1.54) is 11.1 Å². The molecule has 0 aliphatic carbocycles. The van der Waals surface area contributed by atoms with Gasteiger partial charge in [-0.05, 0) is 49.6 Å².